The first kappa shape index (κ1) is 8.32. The molecule has 2 N–H and O–H groups in total. The maximum atomic E-state index is 9.34. The smallest absolute Gasteiger partial charge is 0.0784 e. The summed E-state index contributed by atoms with van der Waals surface area (Å²) >= 11 is 0. The normalized spacial score (nSPS) is 31.8. The summed E-state index contributed by atoms with van der Waals surface area (Å²) in [6.45, 7) is 1.81. The summed E-state index contributed by atoms with van der Waals surface area (Å²) in [7, 11) is 0. The predicted octanol–water partition coefficient (Wildman–Crippen LogP) is 0.452. The molecule has 0 saturated heterocycles. The number of aliphatic hydroxyl groups excluding tert-OH is 2. The van der Waals surface area contributed by atoms with Gasteiger partial charge in [-0.2, -0.15) is 0 Å². The first-order valence-corrected chi connectivity index (χ1v) is 3.67. The van der Waals surface area contributed by atoms with Gasteiger partial charge in [0.05, 0.1) is 12.2 Å². The van der Waals surface area contributed by atoms with Crippen molar-refractivity contribution in [3.05, 3.63) is 11.1 Å². The Balaban J connectivity index is 2.88. The highest BCUT2D eigenvalue weighted by molar-refractivity contribution is 5.34. The highest BCUT2D eigenvalue weighted by atomic mass is 16.3. The Kier molecular flexibility index (Phi) is 2.33. The monoisotopic (exact) mass is 152 g/mol. The Bertz CT molecular complexity index is 222. The van der Waals surface area contributed by atoms with Gasteiger partial charge in [0.1, 0.15) is 0 Å². The molecule has 0 radical (unpaired) electrons. The molecule has 0 heterocycles. The number of rotatable bonds is 0. The molecular formula is C9H12O2. The van der Waals surface area contributed by atoms with Gasteiger partial charge >= 0.3 is 0 Å². The molecule has 2 nitrogen and oxygen atoms in total. The molecule has 0 bridgehead atoms. The lowest BCUT2D eigenvalue weighted by molar-refractivity contribution is 0.0882. The topological polar surface area (TPSA) is 40.5 Å². The van der Waals surface area contributed by atoms with E-state index in [0.717, 1.165) is 11.1 Å². The zero-order chi connectivity index (χ0) is 8.43. The van der Waals surface area contributed by atoms with E-state index in [-0.39, 0.29) is 0 Å². The van der Waals surface area contributed by atoms with Crippen molar-refractivity contribution >= 4 is 0 Å². The van der Waals surface area contributed by atoms with Crippen molar-refractivity contribution in [1.82, 2.24) is 0 Å². The Hall–Kier alpha value is -0.780. The van der Waals surface area contributed by atoms with E-state index in [0.29, 0.717) is 12.8 Å². The lowest BCUT2D eigenvalue weighted by Crippen LogP contribution is -2.25. The van der Waals surface area contributed by atoms with Gasteiger partial charge in [0.2, 0.25) is 0 Å². The Labute approximate surface area is 66.6 Å². The van der Waals surface area contributed by atoms with Gasteiger partial charge in [-0.15, -0.1) is 6.42 Å². The van der Waals surface area contributed by atoms with E-state index >= 15 is 0 Å². The average molecular weight is 152 g/mol. The Morgan fingerprint density at radius 1 is 1.55 bits per heavy atom. The third-order valence-electron chi connectivity index (χ3n) is 2.09. The number of hydrogen-bond acceptors (Lipinski definition) is 2. The summed E-state index contributed by atoms with van der Waals surface area (Å²) in [5, 5.41) is 18.5. The van der Waals surface area contributed by atoms with Gasteiger partial charge in [0.25, 0.3) is 0 Å². The zero-order valence-corrected chi connectivity index (χ0v) is 6.54. The van der Waals surface area contributed by atoms with Crippen molar-refractivity contribution in [3.8, 4) is 12.3 Å². The van der Waals surface area contributed by atoms with E-state index in [4.69, 9.17) is 6.42 Å². The largest absolute Gasteiger partial charge is 0.393 e. The summed E-state index contributed by atoms with van der Waals surface area (Å²) in [5.74, 6) is 2.47. The maximum Gasteiger partial charge on any atom is 0.0784 e. The molecule has 0 aliphatic heterocycles. The van der Waals surface area contributed by atoms with Crippen LogP contribution < -0.4 is 0 Å². The molecule has 2 unspecified atom stereocenters. The lowest BCUT2D eigenvalue weighted by atomic mass is 9.89. The minimum atomic E-state index is -0.551. The molecule has 11 heavy (non-hydrogen) atoms. The zero-order valence-electron chi connectivity index (χ0n) is 6.54. The SMILES string of the molecule is C#CC1=C(C)C(O)CC(O)C1. The molecule has 2 atom stereocenters. The van der Waals surface area contributed by atoms with Crippen LogP contribution in [0.3, 0.4) is 0 Å². The Morgan fingerprint density at radius 2 is 2.18 bits per heavy atom. The van der Waals surface area contributed by atoms with Crippen molar-refractivity contribution in [2.45, 2.75) is 32.0 Å². The number of terminal acetylenes is 1. The second-order valence-corrected chi connectivity index (χ2v) is 2.92. The fourth-order valence-electron chi connectivity index (χ4n) is 1.29. The van der Waals surface area contributed by atoms with Crippen LogP contribution in [0.25, 0.3) is 0 Å². The van der Waals surface area contributed by atoms with Crippen molar-refractivity contribution in [1.29, 1.82) is 0 Å². The first-order chi connectivity index (χ1) is 5.15. The van der Waals surface area contributed by atoms with Crippen LogP contribution in [-0.2, 0) is 0 Å². The van der Waals surface area contributed by atoms with E-state index in [1.807, 2.05) is 6.92 Å². The van der Waals surface area contributed by atoms with Gasteiger partial charge in [-0.25, -0.2) is 0 Å². The average Bonchev–Trinajstić information content (AvgIpc) is 1.96. The molecular weight excluding hydrogens is 140 g/mol. The second kappa shape index (κ2) is 3.08. The van der Waals surface area contributed by atoms with Crippen LogP contribution >= 0.6 is 0 Å². The van der Waals surface area contributed by atoms with Gasteiger partial charge in [-0.1, -0.05) is 5.92 Å². The molecule has 0 fully saturated rings. The summed E-state index contributed by atoms with van der Waals surface area (Å²) in [5.41, 5.74) is 1.58. The van der Waals surface area contributed by atoms with Crippen LogP contribution in [-0.4, -0.2) is 22.4 Å². The quantitative estimate of drug-likeness (QED) is 0.495. The van der Waals surface area contributed by atoms with E-state index < -0.39 is 12.2 Å². The summed E-state index contributed by atoms with van der Waals surface area (Å²) in [4.78, 5) is 0. The molecule has 0 aromatic carbocycles. The van der Waals surface area contributed by atoms with Gasteiger partial charge in [0, 0.05) is 18.4 Å². The van der Waals surface area contributed by atoms with Gasteiger partial charge in [-0.05, 0) is 12.5 Å². The lowest BCUT2D eigenvalue weighted by Gasteiger charge is -2.23. The van der Waals surface area contributed by atoms with Crippen LogP contribution in [0, 0.1) is 12.3 Å². The molecule has 0 aromatic rings. The molecule has 2 heteroatoms. The summed E-state index contributed by atoms with van der Waals surface area (Å²) < 4.78 is 0. The van der Waals surface area contributed by atoms with E-state index in [9.17, 15) is 10.2 Å². The van der Waals surface area contributed by atoms with E-state index in [2.05, 4.69) is 5.92 Å². The minimum Gasteiger partial charge on any atom is -0.393 e. The van der Waals surface area contributed by atoms with Crippen LogP contribution in [0.2, 0.25) is 0 Å². The van der Waals surface area contributed by atoms with E-state index in [1.165, 1.54) is 0 Å². The van der Waals surface area contributed by atoms with Crippen LogP contribution in [0.5, 0.6) is 0 Å². The highest BCUT2D eigenvalue weighted by Crippen LogP contribution is 2.24. The van der Waals surface area contributed by atoms with Gasteiger partial charge < -0.3 is 10.2 Å². The fraction of sp³-hybridized carbons (Fsp3) is 0.556. The van der Waals surface area contributed by atoms with Crippen molar-refractivity contribution in [2.24, 2.45) is 0 Å². The van der Waals surface area contributed by atoms with Gasteiger partial charge in [0.15, 0.2) is 0 Å². The van der Waals surface area contributed by atoms with Crippen LogP contribution in [0.1, 0.15) is 19.8 Å². The van der Waals surface area contributed by atoms with Crippen molar-refractivity contribution in [3.63, 3.8) is 0 Å². The van der Waals surface area contributed by atoms with Crippen molar-refractivity contribution < 1.29 is 10.2 Å². The maximum absolute atomic E-state index is 9.34. The molecule has 0 spiro atoms. The standard InChI is InChI=1S/C9H12O2/c1-3-7-4-8(10)5-9(11)6(7)2/h1,8-11H,4-5H2,2H3. The molecule has 0 saturated carbocycles. The second-order valence-electron chi connectivity index (χ2n) is 2.92. The number of aliphatic hydroxyl groups is 2. The molecule has 1 aliphatic carbocycles. The van der Waals surface area contributed by atoms with Crippen LogP contribution in [0.15, 0.2) is 11.1 Å². The molecule has 60 valence electrons. The van der Waals surface area contributed by atoms with Crippen molar-refractivity contribution in [2.75, 3.05) is 0 Å². The fourth-order valence-corrected chi connectivity index (χ4v) is 1.29. The first-order valence-electron chi connectivity index (χ1n) is 3.67. The molecule has 0 amide bonds. The van der Waals surface area contributed by atoms with Crippen LogP contribution in [0.4, 0.5) is 0 Å². The molecule has 1 aliphatic rings. The third kappa shape index (κ3) is 1.62. The van der Waals surface area contributed by atoms with Gasteiger partial charge in [-0.3, -0.25) is 0 Å². The van der Waals surface area contributed by atoms with E-state index in [1.54, 1.807) is 0 Å². The summed E-state index contributed by atoms with van der Waals surface area (Å²) in [6.07, 6.45) is 5.09. The summed E-state index contributed by atoms with van der Waals surface area (Å²) in [6, 6.07) is 0. The molecule has 0 aromatic heterocycles. The third-order valence-corrected chi connectivity index (χ3v) is 2.09. The number of hydrogen-bond donors (Lipinski definition) is 2. The molecule has 1 rings (SSSR count). The predicted molar refractivity (Wildman–Crippen MR) is 42.8 cm³/mol. The Morgan fingerprint density at radius 3 is 2.73 bits per heavy atom. The highest BCUT2D eigenvalue weighted by Gasteiger charge is 2.22. The minimum absolute atomic E-state index is 0.414.